The second kappa shape index (κ2) is 8.41. The highest BCUT2D eigenvalue weighted by molar-refractivity contribution is 5.78. The van der Waals surface area contributed by atoms with E-state index >= 15 is 0 Å². The van der Waals surface area contributed by atoms with Crippen LogP contribution < -0.4 is 20.5 Å². The number of amides is 1. The smallest absolute Gasteiger partial charge is 0.387 e. The van der Waals surface area contributed by atoms with E-state index in [-0.39, 0.29) is 36.4 Å². The van der Waals surface area contributed by atoms with Crippen molar-refractivity contribution in [2.24, 2.45) is 11.7 Å². The monoisotopic (exact) mass is 302 g/mol. The lowest BCUT2D eigenvalue weighted by Gasteiger charge is -2.14. The molecule has 1 amide bonds. The maximum absolute atomic E-state index is 12.3. The second-order valence-corrected chi connectivity index (χ2v) is 4.45. The van der Waals surface area contributed by atoms with Gasteiger partial charge in [0.1, 0.15) is 0 Å². The summed E-state index contributed by atoms with van der Waals surface area (Å²) in [6.45, 7) is 1.39. The SMILES string of the molecule is CCOc1cc(CNC(=O)C(C)CN)ccc1OC(F)F. The molecule has 0 radical (unpaired) electrons. The number of nitrogens with two attached hydrogens (primary N) is 1. The van der Waals surface area contributed by atoms with Gasteiger partial charge in [-0.1, -0.05) is 13.0 Å². The molecule has 1 aromatic carbocycles. The van der Waals surface area contributed by atoms with Gasteiger partial charge in [-0.2, -0.15) is 8.78 Å². The van der Waals surface area contributed by atoms with Crippen LogP contribution in [0.5, 0.6) is 11.5 Å². The van der Waals surface area contributed by atoms with Gasteiger partial charge in [-0.25, -0.2) is 0 Å². The van der Waals surface area contributed by atoms with Crippen LogP contribution >= 0.6 is 0 Å². The molecule has 0 spiro atoms. The Morgan fingerprint density at radius 2 is 2.10 bits per heavy atom. The van der Waals surface area contributed by atoms with E-state index in [2.05, 4.69) is 10.1 Å². The lowest BCUT2D eigenvalue weighted by atomic mass is 10.1. The van der Waals surface area contributed by atoms with Crippen LogP contribution in [0.4, 0.5) is 8.78 Å². The molecular weight excluding hydrogens is 282 g/mol. The molecule has 3 N–H and O–H groups in total. The van der Waals surface area contributed by atoms with E-state index in [1.807, 2.05) is 0 Å². The molecule has 0 bridgehead atoms. The molecule has 1 rings (SSSR count). The summed E-state index contributed by atoms with van der Waals surface area (Å²) in [6.07, 6.45) is 0. The average molecular weight is 302 g/mol. The molecule has 0 fully saturated rings. The van der Waals surface area contributed by atoms with Gasteiger partial charge in [0.15, 0.2) is 11.5 Å². The van der Waals surface area contributed by atoms with Gasteiger partial charge >= 0.3 is 6.61 Å². The summed E-state index contributed by atoms with van der Waals surface area (Å²) in [7, 11) is 0. The summed E-state index contributed by atoms with van der Waals surface area (Å²) in [5, 5.41) is 2.72. The summed E-state index contributed by atoms with van der Waals surface area (Å²) in [4.78, 5) is 11.6. The van der Waals surface area contributed by atoms with Crippen LogP contribution in [0.1, 0.15) is 19.4 Å². The largest absolute Gasteiger partial charge is 0.490 e. The summed E-state index contributed by atoms with van der Waals surface area (Å²) >= 11 is 0. The van der Waals surface area contributed by atoms with Crippen molar-refractivity contribution in [1.29, 1.82) is 0 Å². The third kappa shape index (κ3) is 5.55. The number of nitrogens with one attached hydrogen (secondary N) is 1. The van der Waals surface area contributed by atoms with E-state index in [1.54, 1.807) is 26.0 Å². The number of alkyl halides is 2. The molecule has 118 valence electrons. The predicted octanol–water partition coefficient (Wildman–Crippen LogP) is 1.90. The van der Waals surface area contributed by atoms with Gasteiger partial charge in [0.2, 0.25) is 5.91 Å². The van der Waals surface area contributed by atoms with E-state index in [1.165, 1.54) is 6.07 Å². The molecule has 1 atom stereocenters. The highest BCUT2D eigenvalue weighted by Gasteiger charge is 2.13. The Labute approximate surface area is 122 Å². The lowest BCUT2D eigenvalue weighted by Crippen LogP contribution is -2.32. The standard InChI is InChI=1S/C14H20F2N2O3/c1-3-20-12-6-10(4-5-11(12)21-14(15)16)8-18-13(19)9(2)7-17/h4-6,9,14H,3,7-8,17H2,1-2H3,(H,18,19). The number of hydrogen-bond donors (Lipinski definition) is 2. The Morgan fingerprint density at radius 1 is 1.38 bits per heavy atom. The van der Waals surface area contributed by atoms with Crippen LogP contribution in [0, 0.1) is 5.92 Å². The number of rotatable bonds is 8. The van der Waals surface area contributed by atoms with Crippen molar-refractivity contribution in [1.82, 2.24) is 5.32 Å². The zero-order valence-corrected chi connectivity index (χ0v) is 12.1. The molecule has 21 heavy (non-hydrogen) atoms. The zero-order valence-electron chi connectivity index (χ0n) is 12.1. The maximum atomic E-state index is 12.3. The van der Waals surface area contributed by atoms with Crippen molar-refractivity contribution < 1.29 is 23.0 Å². The molecule has 0 saturated heterocycles. The first-order chi connectivity index (χ1) is 9.97. The Balaban J connectivity index is 2.75. The molecular formula is C14H20F2N2O3. The molecule has 0 aromatic heterocycles. The van der Waals surface area contributed by atoms with Crippen molar-refractivity contribution in [3.05, 3.63) is 23.8 Å². The molecule has 0 saturated carbocycles. The fraction of sp³-hybridized carbons (Fsp3) is 0.500. The van der Waals surface area contributed by atoms with E-state index < -0.39 is 6.61 Å². The third-order valence-electron chi connectivity index (χ3n) is 2.79. The van der Waals surface area contributed by atoms with E-state index in [0.717, 1.165) is 5.56 Å². The quantitative estimate of drug-likeness (QED) is 0.769. The van der Waals surface area contributed by atoms with Gasteiger partial charge in [-0.15, -0.1) is 0 Å². The number of hydrogen-bond acceptors (Lipinski definition) is 4. The fourth-order valence-corrected chi connectivity index (χ4v) is 1.59. The molecule has 5 nitrogen and oxygen atoms in total. The normalized spacial score (nSPS) is 12.1. The van der Waals surface area contributed by atoms with Crippen molar-refractivity contribution in [2.75, 3.05) is 13.2 Å². The molecule has 7 heteroatoms. The van der Waals surface area contributed by atoms with Gasteiger partial charge in [0.25, 0.3) is 0 Å². The third-order valence-corrected chi connectivity index (χ3v) is 2.79. The zero-order chi connectivity index (χ0) is 15.8. The first kappa shape index (κ1) is 17.2. The number of carbonyl (C=O) groups excluding carboxylic acids is 1. The summed E-state index contributed by atoms with van der Waals surface area (Å²) in [5.41, 5.74) is 6.12. The molecule has 0 aliphatic rings. The number of carbonyl (C=O) groups is 1. The van der Waals surface area contributed by atoms with Crippen molar-refractivity contribution in [3.63, 3.8) is 0 Å². The first-order valence-corrected chi connectivity index (χ1v) is 6.66. The number of ether oxygens (including phenoxy) is 2. The van der Waals surface area contributed by atoms with Crippen LogP contribution in [0.15, 0.2) is 18.2 Å². The highest BCUT2D eigenvalue weighted by Crippen LogP contribution is 2.29. The fourth-order valence-electron chi connectivity index (χ4n) is 1.59. The lowest BCUT2D eigenvalue weighted by molar-refractivity contribution is -0.124. The summed E-state index contributed by atoms with van der Waals surface area (Å²) < 4.78 is 34.2. The topological polar surface area (TPSA) is 73.6 Å². The summed E-state index contributed by atoms with van der Waals surface area (Å²) in [5.74, 6) is -0.255. The van der Waals surface area contributed by atoms with Gasteiger partial charge in [0, 0.05) is 19.0 Å². The van der Waals surface area contributed by atoms with Crippen LogP contribution in [-0.4, -0.2) is 25.7 Å². The van der Waals surface area contributed by atoms with Crippen LogP contribution in [0.2, 0.25) is 0 Å². The van der Waals surface area contributed by atoms with Crippen molar-refractivity contribution in [3.8, 4) is 11.5 Å². The molecule has 0 aliphatic heterocycles. The van der Waals surface area contributed by atoms with E-state index in [9.17, 15) is 13.6 Å². The number of benzene rings is 1. The Kier molecular flexibility index (Phi) is 6.87. The molecule has 1 aromatic rings. The van der Waals surface area contributed by atoms with E-state index in [4.69, 9.17) is 10.5 Å². The first-order valence-electron chi connectivity index (χ1n) is 6.66. The Hall–Kier alpha value is -1.89. The van der Waals surface area contributed by atoms with Crippen molar-refractivity contribution in [2.45, 2.75) is 27.0 Å². The Bertz CT molecular complexity index is 470. The minimum absolute atomic E-state index is 0.0303. The Morgan fingerprint density at radius 3 is 2.67 bits per heavy atom. The minimum Gasteiger partial charge on any atom is -0.490 e. The van der Waals surface area contributed by atoms with Gasteiger partial charge in [-0.05, 0) is 24.6 Å². The molecule has 1 unspecified atom stereocenters. The maximum Gasteiger partial charge on any atom is 0.387 e. The number of halogens is 2. The second-order valence-electron chi connectivity index (χ2n) is 4.45. The minimum atomic E-state index is -2.92. The van der Waals surface area contributed by atoms with Crippen LogP contribution in [-0.2, 0) is 11.3 Å². The van der Waals surface area contributed by atoms with Crippen molar-refractivity contribution >= 4 is 5.91 Å². The van der Waals surface area contributed by atoms with E-state index in [0.29, 0.717) is 6.61 Å². The molecule has 0 aliphatic carbocycles. The van der Waals surface area contributed by atoms with Crippen LogP contribution in [0.25, 0.3) is 0 Å². The van der Waals surface area contributed by atoms with Gasteiger partial charge < -0.3 is 20.5 Å². The highest BCUT2D eigenvalue weighted by atomic mass is 19.3. The predicted molar refractivity (Wildman–Crippen MR) is 74.3 cm³/mol. The molecule has 0 heterocycles. The van der Waals surface area contributed by atoms with Gasteiger partial charge in [0.05, 0.1) is 6.61 Å². The summed E-state index contributed by atoms with van der Waals surface area (Å²) in [6, 6.07) is 4.55. The van der Waals surface area contributed by atoms with Gasteiger partial charge in [-0.3, -0.25) is 4.79 Å². The van der Waals surface area contributed by atoms with Crippen LogP contribution in [0.3, 0.4) is 0 Å². The average Bonchev–Trinajstić information content (AvgIpc) is 2.46.